The fraction of sp³-hybridized carbons (Fsp3) is 0.133. The molecule has 1 N–H and O–H groups in total. The molecular weight excluding hydrogens is 270 g/mol. The number of rotatable bonds is 6. The molecule has 0 bridgehead atoms. The van der Waals surface area contributed by atoms with Gasteiger partial charge in [-0.25, -0.2) is 0 Å². The third kappa shape index (κ3) is 4.04. The van der Waals surface area contributed by atoms with Gasteiger partial charge in [-0.3, -0.25) is 10.1 Å². The highest BCUT2D eigenvalue weighted by Gasteiger charge is 2.12. The van der Waals surface area contributed by atoms with Gasteiger partial charge < -0.3 is 10.2 Å². The van der Waals surface area contributed by atoms with Crippen LogP contribution in [0.5, 0.6) is 0 Å². The van der Waals surface area contributed by atoms with Gasteiger partial charge in [-0.1, -0.05) is 41.6 Å². The van der Waals surface area contributed by atoms with Crippen LogP contribution in [0.4, 0.5) is 11.4 Å². The van der Waals surface area contributed by atoms with E-state index in [1.54, 1.807) is 19.2 Å². The Hall–Kier alpha value is -2.89. The zero-order valence-electron chi connectivity index (χ0n) is 11.5. The molecule has 21 heavy (non-hydrogen) atoms. The van der Waals surface area contributed by atoms with Crippen LogP contribution in [0.1, 0.15) is 11.1 Å². The second kappa shape index (κ2) is 7.04. The number of benzene rings is 2. The first-order valence-corrected chi connectivity index (χ1v) is 6.36. The largest absolute Gasteiger partial charge is 0.391 e. The van der Waals surface area contributed by atoms with E-state index in [1.807, 2.05) is 30.3 Å². The molecule has 0 saturated carbocycles. The summed E-state index contributed by atoms with van der Waals surface area (Å²) in [7, 11) is 1.64. The third-order valence-electron chi connectivity index (χ3n) is 2.84. The highest BCUT2D eigenvalue weighted by Crippen LogP contribution is 2.24. The number of nitro benzene ring substituents is 1. The molecular formula is C15H15N3O3. The van der Waals surface area contributed by atoms with Crippen LogP contribution in [0.2, 0.25) is 0 Å². The van der Waals surface area contributed by atoms with Gasteiger partial charge in [0.2, 0.25) is 0 Å². The van der Waals surface area contributed by atoms with E-state index in [1.165, 1.54) is 12.3 Å². The van der Waals surface area contributed by atoms with Gasteiger partial charge in [0.05, 0.1) is 11.1 Å². The van der Waals surface area contributed by atoms with Crippen molar-refractivity contribution in [2.45, 2.75) is 6.61 Å². The van der Waals surface area contributed by atoms with Gasteiger partial charge in [0.15, 0.2) is 0 Å². The van der Waals surface area contributed by atoms with E-state index >= 15 is 0 Å². The summed E-state index contributed by atoms with van der Waals surface area (Å²) >= 11 is 0. The maximum Gasteiger partial charge on any atom is 0.292 e. The lowest BCUT2D eigenvalue weighted by molar-refractivity contribution is -0.383. The van der Waals surface area contributed by atoms with Crippen LogP contribution in [0.15, 0.2) is 53.7 Å². The molecule has 0 heterocycles. The Balaban J connectivity index is 2.01. The molecule has 6 heteroatoms. The predicted octanol–water partition coefficient (Wildman–Crippen LogP) is 3.19. The number of nitrogens with zero attached hydrogens (tertiary/aromatic N) is 2. The molecule has 6 nitrogen and oxygen atoms in total. The van der Waals surface area contributed by atoms with E-state index in [2.05, 4.69) is 10.5 Å². The minimum atomic E-state index is -0.437. The molecule has 0 atom stereocenters. The van der Waals surface area contributed by atoms with E-state index < -0.39 is 4.92 Å². The maximum atomic E-state index is 10.9. The van der Waals surface area contributed by atoms with Crippen LogP contribution in [0.3, 0.4) is 0 Å². The second-order valence-electron chi connectivity index (χ2n) is 4.28. The SMILES string of the molecule is CNc1ccc(/C=N/OCc2ccccc2)cc1[N+](=O)[O-]. The first kappa shape index (κ1) is 14.5. The Morgan fingerprint density at radius 1 is 1.29 bits per heavy atom. The number of nitro groups is 1. The van der Waals surface area contributed by atoms with Gasteiger partial charge in [0.25, 0.3) is 5.69 Å². The van der Waals surface area contributed by atoms with Gasteiger partial charge >= 0.3 is 0 Å². The quantitative estimate of drug-likeness (QED) is 0.502. The normalized spacial score (nSPS) is 10.5. The molecule has 2 aromatic carbocycles. The lowest BCUT2D eigenvalue weighted by Crippen LogP contribution is -1.97. The lowest BCUT2D eigenvalue weighted by atomic mass is 10.2. The summed E-state index contributed by atoms with van der Waals surface area (Å²) < 4.78 is 0. The third-order valence-corrected chi connectivity index (χ3v) is 2.84. The van der Waals surface area contributed by atoms with Crippen LogP contribution < -0.4 is 5.32 Å². The zero-order chi connectivity index (χ0) is 15.1. The lowest BCUT2D eigenvalue weighted by Gasteiger charge is -2.02. The average molecular weight is 285 g/mol. The van der Waals surface area contributed by atoms with E-state index in [9.17, 15) is 10.1 Å². The highest BCUT2D eigenvalue weighted by atomic mass is 16.6. The molecule has 0 aromatic heterocycles. The summed E-state index contributed by atoms with van der Waals surface area (Å²) in [5, 5.41) is 17.5. The fourth-order valence-electron chi connectivity index (χ4n) is 1.78. The number of nitrogens with one attached hydrogen (secondary N) is 1. The standard InChI is InChI=1S/C15H15N3O3/c1-16-14-8-7-13(9-15(14)18(19)20)10-17-21-11-12-5-3-2-4-6-12/h2-10,16H,11H2,1H3/b17-10+. The van der Waals surface area contributed by atoms with Crippen molar-refractivity contribution in [3.63, 3.8) is 0 Å². The van der Waals surface area contributed by atoms with Crippen molar-refractivity contribution in [2.24, 2.45) is 5.16 Å². The number of hydrogen-bond donors (Lipinski definition) is 1. The monoisotopic (exact) mass is 285 g/mol. The van der Waals surface area contributed by atoms with Crippen LogP contribution in [-0.2, 0) is 11.4 Å². The van der Waals surface area contributed by atoms with Gasteiger partial charge in [0, 0.05) is 18.7 Å². The van der Waals surface area contributed by atoms with Crippen molar-refractivity contribution in [1.29, 1.82) is 0 Å². The molecule has 0 spiro atoms. The summed E-state index contributed by atoms with van der Waals surface area (Å²) in [5.41, 5.74) is 2.08. The van der Waals surface area contributed by atoms with E-state index in [0.717, 1.165) is 5.56 Å². The molecule has 0 unspecified atom stereocenters. The van der Waals surface area contributed by atoms with Gasteiger partial charge in [-0.15, -0.1) is 0 Å². The van der Waals surface area contributed by atoms with Crippen molar-refractivity contribution in [3.8, 4) is 0 Å². The average Bonchev–Trinajstić information content (AvgIpc) is 2.52. The minimum absolute atomic E-state index is 0.00418. The summed E-state index contributed by atoms with van der Waals surface area (Å²) in [4.78, 5) is 15.7. The summed E-state index contributed by atoms with van der Waals surface area (Å²) in [6.07, 6.45) is 1.45. The summed E-state index contributed by atoms with van der Waals surface area (Å²) in [6.45, 7) is 0.355. The second-order valence-corrected chi connectivity index (χ2v) is 4.28. The molecule has 0 aliphatic rings. The number of anilines is 1. The Kier molecular flexibility index (Phi) is 4.87. The number of oxime groups is 1. The van der Waals surface area contributed by atoms with Crippen LogP contribution >= 0.6 is 0 Å². The predicted molar refractivity (Wildman–Crippen MR) is 81.5 cm³/mol. The van der Waals surface area contributed by atoms with Crippen LogP contribution in [0.25, 0.3) is 0 Å². The summed E-state index contributed by atoms with van der Waals surface area (Å²) in [5.74, 6) is 0. The Labute approximate surface area is 122 Å². The molecule has 2 rings (SSSR count). The van der Waals surface area contributed by atoms with Crippen molar-refractivity contribution < 1.29 is 9.76 Å². The molecule has 2 aromatic rings. The molecule has 0 saturated heterocycles. The van der Waals surface area contributed by atoms with Crippen LogP contribution in [-0.4, -0.2) is 18.2 Å². The van der Waals surface area contributed by atoms with Crippen molar-refractivity contribution in [2.75, 3.05) is 12.4 Å². The van der Waals surface area contributed by atoms with Gasteiger partial charge in [0.1, 0.15) is 12.3 Å². The smallest absolute Gasteiger partial charge is 0.292 e. The molecule has 0 aliphatic carbocycles. The molecule has 0 amide bonds. The first-order valence-electron chi connectivity index (χ1n) is 6.36. The van der Waals surface area contributed by atoms with Gasteiger partial charge in [-0.05, 0) is 11.6 Å². The number of hydrogen-bond acceptors (Lipinski definition) is 5. The topological polar surface area (TPSA) is 76.8 Å². The van der Waals surface area contributed by atoms with E-state index in [0.29, 0.717) is 17.9 Å². The van der Waals surface area contributed by atoms with Crippen LogP contribution in [0, 0.1) is 10.1 Å². The summed E-state index contributed by atoms with van der Waals surface area (Å²) in [6, 6.07) is 14.4. The van der Waals surface area contributed by atoms with Crippen molar-refractivity contribution in [3.05, 3.63) is 69.8 Å². The fourth-order valence-corrected chi connectivity index (χ4v) is 1.78. The minimum Gasteiger partial charge on any atom is -0.391 e. The van der Waals surface area contributed by atoms with Crippen molar-refractivity contribution >= 4 is 17.6 Å². The van der Waals surface area contributed by atoms with Crippen molar-refractivity contribution in [1.82, 2.24) is 0 Å². The maximum absolute atomic E-state index is 10.9. The molecule has 0 radical (unpaired) electrons. The molecule has 108 valence electrons. The highest BCUT2D eigenvalue weighted by molar-refractivity contribution is 5.82. The van der Waals surface area contributed by atoms with Gasteiger partial charge in [-0.2, -0.15) is 0 Å². The zero-order valence-corrected chi connectivity index (χ0v) is 11.5. The van der Waals surface area contributed by atoms with E-state index in [4.69, 9.17) is 4.84 Å². The Morgan fingerprint density at radius 3 is 2.71 bits per heavy atom. The first-order chi connectivity index (χ1) is 10.2. The Bertz CT molecular complexity index is 642. The molecule has 0 fully saturated rings. The molecule has 0 aliphatic heterocycles. The van der Waals surface area contributed by atoms with E-state index in [-0.39, 0.29) is 5.69 Å². The Morgan fingerprint density at radius 2 is 2.05 bits per heavy atom.